The predicted octanol–water partition coefficient (Wildman–Crippen LogP) is 3.23. The van der Waals surface area contributed by atoms with Gasteiger partial charge in [-0.2, -0.15) is 0 Å². The molecule has 0 fully saturated rings. The average Bonchev–Trinajstić information content (AvgIpc) is 2.60. The summed E-state index contributed by atoms with van der Waals surface area (Å²) >= 11 is 0. The van der Waals surface area contributed by atoms with E-state index in [0.717, 1.165) is 11.3 Å². The molecular formula is C19H22N2O4. The summed E-state index contributed by atoms with van der Waals surface area (Å²) in [7, 11) is 3.14. The number of carbonyl (C=O) groups is 2. The van der Waals surface area contributed by atoms with Gasteiger partial charge in [0.05, 0.1) is 19.9 Å². The van der Waals surface area contributed by atoms with Crippen molar-refractivity contribution in [3.8, 4) is 11.5 Å². The number of rotatable bonds is 7. The number of hydrogen-bond acceptors (Lipinski definition) is 4. The lowest BCUT2D eigenvalue weighted by atomic mass is 10.1. The molecule has 0 aliphatic rings. The van der Waals surface area contributed by atoms with Gasteiger partial charge in [-0.15, -0.1) is 0 Å². The molecule has 0 saturated carbocycles. The first-order valence-electron chi connectivity index (χ1n) is 7.90. The topological polar surface area (TPSA) is 76.7 Å². The minimum Gasteiger partial charge on any atom is -0.497 e. The number of nitrogens with one attached hydrogen (secondary N) is 2. The third kappa shape index (κ3) is 5.53. The largest absolute Gasteiger partial charge is 0.497 e. The highest BCUT2D eigenvalue weighted by molar-refractivity contribution is 5.95. The molecule has 0 aromatic heterocycles. The molecule has 2 aromatic rings. The van der Waals surface area contributed by atoms with Gasteiger partial charge in [0.15, 0.2) is 0 Å². The molecule has 0 spiro atoms. The van der Waals surface area contributed by atoms with E-state index in [9.17, 15) is 9.59 Å². The van der Waals surface area contributed by atoms with Gasteiger partial charge in [-0.25, -0.2) is 0 Å². The van der Waals surface area contributed by atoms with Crippen LogP contribution in [0, 0.1) is 0 Å². The third-order valence-corrected chi connectivity index (χ3v) is 3.59. The third-order valence-electron chi connectivity index (χ3n) is 3.59. The highest BCUT2D eigenvalue weighted by Gasteiger charge is 2.10. The molecule has 6 heteroatoms. The van der Waals surface area contributed by atoms with E-state index < -0.39 is 0 Å². The van der Waals surface area contributed by atoms with Crippen LogP contribution in [0.15, 0.2) is 42.5 Å². The normalized spacial score (nSPS) is 10.0. The van der Waals surface area contributed by atoms with Crippen LogP contribution in [-0.2, 0) is 16.0 Å². The molecule has 132 valence electrons. The predicted molar refractivity (Wildman–Crippen MR) is 97.2 cm³/mol. The van der Waals surface area contributed by atoms with Crippen molar-refractivity contribution in [2.75, 3.05) is 24.9 Å². The zero-order valence-electron chi connectivity index (χ0n) is 14.6. The Bertz CT molecular complexity index is 742. The Balaban J connectivity index is 1.99. The van der Waals surface area contributed by atoms with Crippen LogP contribution in [0.2, 0.25) is 0 Å². The monoisotopic (exact) mass is 342 g/mol. The second kappa shape index (κ2) is 8.73. The summed E-state index contributed by atoms with van der Waals surface area (Å²) in [5.74, 6) is 1.01. The van der Waals surface area contributed by atoms with Crippen LogP contribution in [0.1, 0.15) is 18.9 Å². The maximum Gasteiger partial charge on any atom is 0.224 e. The van der Waals surface area contributed by atoms with E-state index in [-0.39, 0.29) is 11.8 Å². The Hall–Kier alpha value is -3.02. The highest BCUT2D eigenvalue weighted by Crippen LogP contribution is 2.28. The van der Waals surface area contributed by atoms with Crippen molar-refractivity contribution < 1.29 is 19.1 Å². The number of aryl methyl sites for hydroxylation is 1. The van der Waals surface area contributed by atoms with Crippen LogP contribution >= 0.6 is 0 Å². The molecule has 0 unspecified atom stereocenters. The molecule has 2 amide bonds. The molecule has 0 aliphatic carbocycles. The first kappa shape index (κ1) is 18.3. The quantitative estimate of drug-likeness (QED) is 0.810. The van der Waals surface area contributed by atoms with Crippen molar-refractivity contribution in [1.82, 2.24) is 0 Å². The zero-order valence-corrected chi connectivity index (χ0v) is 14.6. The van der Waals surface area contributed by atoms with Crippen LogP contribution in [0.4, 0.5) is 11.4 Å². The minimum absolute atomic E-state index is 0.130. The Morgan fingerprint density at radius 2 is 1.68 bits per heavy atom. The Kier molecular flexibility index (Phi) is 6.39. The standard InChI is InChI=1S/C19H22N2O4/c1-13(22)20-15-7-10-18(25-3)17(12-15)21-19(23)11-6-14-4-8-16(24-2)9-5-14/h4-5,7-10,12H,6,11H2,1-3H3,(H,20,22)(H,21,23). The number of hydrogen-bond donors (Lipinski definition) is 2. The summed E-state index contributed by atoms with van der Waals surface area (Å²) in [6.07, 6.45) is 0.948. The Labute approximate surface area is 147 Å². The van der Waals surface area contributed by atoms with E-state index in [0.29, 0.717) is 30.0 Å². The highest BCUT2D eigenvalue weighted by atomic mass is 16.5. The Morgan fingerprint density at radius 3 is 2.28 bits per heavy atom. The van der Waals surface area contributed by atoms with Crippen molar-refractivity contribution >= 4 is 23.2 Å². The SMILES string of the molecule is COc1ccc(CCC(=O)Nc2cc(NC(C)=O)ccc2OC)cc1. The van der Waals surface area contributed by atoms with Crippen LogP contribution in [-0.4, -0.2) is 26.0 Å². The molecule has 0 aliphatic heterocycles. The van der Waals surface area contributed by atoms with E-state index >= 15 is 0 Å². The number of ether oxygens (including phenoxy) is 2. The molecule has 2 N–H and O–H groups in total. The first-order valence-corrected chi connectivity index (χ1v) is 7.90. The molecule has 6 nitrogen and oxygen atoms in total. The van der Waals surface area contributed by atoms with Crippen LogP contribution in [0.25, 0.3) is 0 Å². The van der Waals surface area contributed by atoms with Crippen molar-refractivity contribution in [1.29, 1.82) is 0 Å². The minimum atomic E-state index is -0.179. The van der Waals surface area contributed by atoms with Crippen molar-refractivity contribution in [2.45, 2.75) is 19.8 Å². The lowest BCUT2D eigenvalue weighted by molar-refractivity contribution is -0.116. The number of benzene rings is 2. The lowest BCUT2D eigenvalue weighted by Crippen LogP contribution is -2.14. The summed E-state index contributed by atoms with van der Waals surface area (Å²) in [5, 5.41) is 5.51. The molecule has 25 heavy (non-hydrogen) atoms. The van der Waals surface area contributed by atoms with Crippen molar-refractivity contribution in [3.05, 3.63) is 48.0 Å². The summed E-state index contributed by atoms with van der Waals surface area (Å²) in [6, 6.07) is 12.7. The van der Waals surface area contributed by atoms with Gasteiger partial charge in [-0.3, -0.25) is 9.59 Å². The van der Waals surface area contributed by atoms with E-state index in [1.165, 1.54) is 14.0 Å². The summed E-state index contributed by atoms with van der Waals surface area (Å²) in [5.41, 5.74) is 2.17. The van der Waals surface area contributed by atoms with Gasteiger partial charge < -0.3 is 20.1 Å². The summed E-state index contributed by atoms with van der Waals surface area (Å²) in [4.78, 5) is 23.4. The van der Waals surface area contributed by atoms with E-state index in [4.69, 9.17) is 9.47 Å². The molecule has 2 aromatic carbocycles. The second-order valence-electron chi connectivity index (χ2n) is 5.49. The molecular weight excluding hydrogens is 320 g/mol. The van der Waals surface area contributed by atoms with Gasteiger partial charge in [0, 0.05) is 19.0 Å². The second-order valence-corrected chi connectivity index (χ2v) is 5.49. The smallest absolute Gasteiger partial charge is 0.224 e. The molecule has 0 heterocycles. The maximum absolute atomic E-state index is 12.2. The van der Waals surface area contributed by atoms with Gasteiger partial charge in [-0.1, -0.05) is 12.1 Å². The number of amides is 2. The fourth-order valence-electron chi connectivity index (χ4n) is 2.35. The molecule has 0 radical (unpaired) electrons. The van der Waals surface area contributed by atoms with Crippen molar-refractivity contribution in [3.63, 3.8) is 0 Å². The van der Waals surface area contributed by atoms with E-state index in [1.54, 1.807) is 25.3 Å². The lowest BCUT2D eigenvalue weighted by Gasteiger charge is -2.12. The number of carbonyl (C=O) groups excluding carboxylic acids is 2. The molecule has 0 saturated heterocycles. The van der Waals surface area contributed by atoms with Gasteiger partial charge in [0.25, 0.3) is 0 Å². The number of methoxy groups -OCH3 is 2. The van der Waals surface area contributed by atoms with Crippen LogP contribution in [0.5, 0.6) is 11.5 Å². The fraction of sp³-hybridized carbons (Fsp3) is 0.263. The van der Waals surface area contributed by atoms with Crippen LogP contribution in [0.3, 0.4) is 0 Å². The summed E-state index contributed by atoms with van der Waals surface area (Å²) in [6.45, 7) is 1.43. The maximum atomic E-state index is 12.2. The number of anilines is 2. The van der Waals surface area contributed by atoms with Gasteiger partial charge in [0.2, 0.25) is 11.8 Å². The molecule has 2 rings (SSSR count). The van der Waals surface area contributed by atoms with Gasteiger partial charge in [-0.05, 0) is 42.3 Å². The zero-order chi connectivity index (χ0) is 18.2. The summed E-state index contributed by atoms with van der Waals surface area (Å²) < 4.78 is 10.4. The average molecular weight is 342 g/mol. The molecule has 0 bridgehead atoms. The van der Waals surface area contributed by atoms with E-state index in [1.807, 2.05) is 24.3 Å². The van der Waals surface area contributed by atoms with Crippen LogP contribution < -0.4 is 20.1 Å². The van der Waals surface area contributed by atoms with Crippen molar-refractivity contribution in [2.24, 2.45) is 0 Å². The van der Waals surface area contributed by atoms with Gasteiger partial charge in [0.1, 0.15) is 11.5 Å². The van der Waals surface area contributed by atoms with Gasteiger partial charge >= 0.3 is 0 Å². The van der Waals surface area contributed by atoms with E-state index in [2.05, 4.69) is 10.6 Å². The fourth-order valence-corrected chi connectivity index (χ4v) is 2.35. The Morgan fingerprint density at radius 1 is 0.960 bits per heavy atom. The molecule has 0 atom stereocenters. The first-order chi connectivity index (χ1) is 12.0.